The van der Waals surface area contributed by atoms with E-state index < -0.39 is 0 Å². The molecule has 2 atom stereocenters. The molecular weight excluding hydrogens is 210 g/mol. The van der Waals surface area contributed by atoms with E-state index in [1.165, 1.54) is 45.2 Å². The highest BCUT2D eigenvalue weighted by Crippen LogP contribution is 2.23. The zero-order valence-corrected chi connectivity index (χ0v) is 12.2. The predicted molar refractivity (Wildman–Crippen MR) is 75.5 cm³/mol. The molecule has 0 amide bonds. The Morgan fingerprint density at radius 1 is 1.00 bits per heavy atom. The van der Waals surface area contributed by atoms with Gasteiger partial charge >= 0.3 is 0 Å². The molecule has 0 aromatic carbocycles. The van der Waals surface area contributed by atoms with Crippen molar-refractivity contribution in [3.63, 3.8) is 0 Å². The summed E-state index contributed by atoms with van der Waals surface area (Å²) in [6.07, 6.45) is 7.02. The quantitative estimate of drug-likeness (QED) is 0.713. The first-order chi connectivity index (χ1) is 8.13. The molecule has 0 radical (unpaired) electrons. The second-order valence-electron chi connectivity index (χ2n) is 5.86. The summed E-state index contributed by atoms with van der Waals surface area (Å²) < 4.78 is 0. The SMILES string of the molecule is CNC1CCCCCC1CN(C)CCN(C)C. The van der Waals surface area contributed by atoms with Crippen LogP contribution < -0.4 is 5.32 Å². The first kappa shape index (κ1) is 14.9. The summed E-state index contributed by atoms with van der Waals surface area (Å²) in [5.41, 5.74) is 0. The largest absolute Gasteiger partial charge is 0.317 e. The van der Waals surface area contributed by atoms with Gasteiger partial charge in [0.2, 0.25) is 0 Å². The van der Waals surface area contributed by atoms with Crippen LogP contribution in [-0.2, 0) is 0 Å². The Morgan fingerprint density at radius 3 is 2.35 bits per heavy atom. The molecule has 0 spiro atoms. The van der Waals surface area contributed by atoms with Crippen molar-refractivity contribution in [1.29, 1.82) is 0 Å². The Morgan fingerprint density at radius 2 is 1.71 bits per heavy atom. The van der Waals surface area contributed by atoms with Gasteiger partial charge in [0.1, 0.15) is 0 Å². The monoisotopic (exact) mass is 241 g/mol. The van der Waals surface area contributed by atoms with Gasteiger partial charge in [-0.3, -0.25) is 0 Å². The number of hydrogen-bond donors (Lipinski definition) is 1. The number of rotatable bonds is 6. The van der Waals surface area contributed by atoms with Crippen molar-refractivity contribution in [3.8, 4) is 0 Å². The molecule has 0 aromatic rings. The normalized spacial score (nSPS) is 26.5. The van der Waals surface area contributed by atoms with Gasteiger partial charge in [0, 0.05) is 25.7 Å². The molecule has 17 heavy (non-hydrogen) atoms. The zero-order valence-electron chi connectivity index (χ0n) is 12.2. The van der Waals surface area contributed by atoms with E-state index in [0.717, 1.165) is 18.5 Å². The van der Waals surface area contributed by atoms with E-state index >= 15 is 0 Å². The maximum Gasteiger partial charge on any atom is 0.0106 e. The lowest BCUT2D eigenvalue weighted by atomic mass is 9.94. The molecular formula is C14H31N3. The van der Waals surface area contributed by atoms with Crippen molar-refractivity contribution in [2.24, 2.45) is 5.92 Å². The molecule has 2 unspecified atom stereocenters. The third kappa shape index (κ3) is 5.84. The molecule has 1 aliphatic rings. The topological polar surface area (TPSA) is 18.5 Å². The fraction of sp³-hybridized carbons (Fsp3) is 1.00. The van der Waals surface area contributed by atoms with Gasteiger partial charge in [0.25, 0.3) is 0 Å². The molecule has 102 valence electrons. The smallest absolute Gasteiger partial charge is 0.0106 e. The second-order valence-corrected chi connectivity index (χ2v) is 5.86. The Bertz CT molecular complexity index is 194. The Hall–Kier alpha value is -0.120. The molecule has 0 saturated heterocycles. The van der Waals surface area contributed by atoms with Crippen LogP contribution in [0.3, 0.4) is 0 Å². The standard InChI is InChI=1S/C14H31N3/c1-15-14-9-7-5-6-8-13(14)12-17(4)11-10-16(2)3/h13-15H,5-12H2,1-4H3. The van der Waals surface area contributed by atoms with E-state index in [1.807, 2.05) is 0 Å². The van der Waals surface area contributed by atoms with Gasteiger partial charge in [0.15, 0.2) is 0 Å². The number of nitrogens with one attached hydrogen (secondary N) is 1. The van der Waals surface area contributed by atoms with Crippen LogP contribution in [0.4, 0.5) is 0 Å². The van der Waals surface area contributed by atoms with Crippen molar-refractivity contribution < 1.29 is 0 Å². The van der Waals surface area contributed by atoms with E-state index in [0.29, 0.717) is 0 Å². The van der Waals surface area contributed by atoms with E-state index in [4.69, 9.17) is 0 Å². The molecule has 1 aliphatic carbocycles. The van der Waals surface area contributed by atoms with E-state index in [-0.39, 0.29) is 0 Å². The fourth-order valence-corrected chi connectivity index (χ4v) is 2.85. The summed E-state index contributed by atoms with van der Waals surface area (Å²) in [5.74, 6) is 0.842. The molecule has 1 saturated carbocycles. The third-order valence-electron chi connectivity index (χ3n) is 4.00. The summed E-state index contributed by atoms with van der Waals surface area (Å²) >= 11 is 0. The first-order valence-electron chi connectivity index (χ1n) is 7.14. The Kier molecular flexibility index (Phi) is 7.09. The molecule has 1 rings (SSSR count). The fourth-order valence-electron chi connectivity index (χ4n) is 2.85. The highest BCUT2D eigenvalue weighted by atomic mass is 15.2. The van der Waals surface area contributed by atoms with Crippen LogP contribution in [0.2, 0.25) is 0 Å². The molecule has 1 fully saturated rings. The molecule has 0 bridgehead atoms. The third-order valence-corrected chi connectivity index (χ3v) is 4.00. The lowest BCUT2D eigenvalue weighted by molar-refractivity contribution is 0.212. The minimum absolute atomic E-state index is 0.735. The van der Waals surface area contributed by atoms with Crippen molar-refractivity contribution >= 4 is 0 Å². The van der Waals surface area contributed by atoms with Gasteiger partial charge in [-0.2, -0.15) is 0 Å². The van der Waals surface area contributed by atoms with Crippen LogP contribution in [-0.4, -0.2) is 63.7 Å². The summed E-state index contributed by atoms with van der Waals surface area (Å²) in [6.45, 7) is 3.59. The van der Waals surface area contributed by atoms with E-state index in [2.05, 4.69) is 43.3 Å². The highest BCUT2D eigenvalue weighted by molar-refractivity contribution is 4.80. The summed E-state index contributed by atoms with van der Waals surface area (Å²) in [6, 6.07) is 0.735. The summed E-state index contributed by atoms with van der Waals surface area (Å²) in [7, 11) is 8.69. The van der Waals surface area contributed by atoms with E-state index in [1.54, 1.807) is 0 Å². The average molecular weight is 241 g/mol. The lowest BCUT2D eigenvalue weighted by Gasteiger charge is -2.29. The average Bonchev–Trinajstić information content (AvgIpc) is 2.51. The van der Waals surface area contributed by atoms with Crippen molar-refractivity contribution in [2.45, 2.75) is 38.1 Å². The van der Waals surface area contributed by atoms with Crippen molar-refractivity contribution in [1.82, 2.24) is 15.1 Å². The van der Waals surface area contributed by atoms with Gasteiger partial charge < -0.3 is 15.1 Å². The maximum absolute atomic E-state index is 3.53. The van der Waals surface area contributed by atoms with Gasteiger partial charge in [-0.25, -0.2) is 0 Å². The van der Waals surface area contributed by atoms with Crippen LogP contribution in [0.5, 0.6) is 0 Å². The van der Waals surface area contributed by atoms with Crippen LogP contribution in [0, 0.1) is 5.92 Å². The van der Waals surface area contributed by atoms with Gasteiger partial charge in [-0.05, 0) is 47.0 Å². The highest BCUT2D eigenvalue weighted by Gasteiger charge is 2.23. The molecule has 3 nitrogen and oxygen atoms in total. The van der Waals surface area contributed by atoms with Crippen LogP contribution >= 0.6 is 0 Å². The lowest BCUT2D eigenvalue weighted by Crippen LogP contribution is -2.40. The zero-order chi connectivity index (χ0) is 12.7. The molecule has 0 aromatic heterocycles. The Labute approximate surface area is 108 Å². The second kappa shape index (κ2) is 8.06. The van der Waals surface area contributed by atoms with Crippen LogP contribution in [0.25, 0.3) is 0 Å². The minimum atomic E-state index is 0.735. The van der Waals surface area contributed by atoms with Gasteiger partial charge in [-0.1, -0.05) is 19.3 Å². The van der Waals surface area contributed by atoms with Crippen molar-refractivity contribution in [2.75, 3.05) is 47.8 Å². The Balaban J connectivity index is 2.35. The summed E-state index contributed by atoms with van der Waals surface area (Å²) in [5, 5.41) is 3.53. The van der Waals surface area contributed by atoms with Crippen molar-refractivity contribution in [3.05, 3.63) is 0 Å². The molecule has 3 heteroatoms. The van der Waals surface area contributed by atoms with Gasteiger partial charge in [-0.15, -0.1) is 0 Å². The molecule has 1 N–H and O–H groups in total. The van der Waals surface area contributed by atoms with Gasteiger partial charge in [0.05, 0.1) is 0 Å². The van der Waals surface area contributed by atoms with Crippen LogP contribution in [0.1, 0.15) is 32.1 Å². The molecule has 0 aliphatic heterocycles. The number of likely N-dealkylation sites (N-methyl/N-ethyl adjacent to an activating group) is 2. The first-order valence-corrected chi connectivity index (χ1v) is 7.14. The van der Waals surface area contributed by atoms with E-state index in [9.17, 15) is 0 Å². The number of hydrogen-bond acceptors (Lipinski definition) is 3. The van der Waals surface area contributed by atoms with Crippen LogP contribution in [0.15, 0.2) is 0 Å². The number of nitrogens with zero attached hydrogens (tertiary/aromatic N) is 2. The maximum atomic E-state index is 3.53. The molecule has 0 heterocycles. The minimum Gasteiger partial charge on any atom is -0.317 e. The summed E-state index contributed by atoms with van der Waals surface area (Å²) in [4.78, 5) is 4.76. The predicted octanol–water partition coefficient (Wildman–Crippen LogP) is 1.65.